The number of thioether (sulfide) groups is 1. The lowest BCUT2D eigenvalue weighted by atomic mass is 10.1. The first kappa shape index (κ1) is 19.2. The van der Waals surface area contributed by atoms with Gasteiger partial charge in [-0.2, -0.15) is 0 Å². The van der Waals surface area contributed by atoms with E-state index in [9.17, 15) is 4.39 Å². The summed E-state index contributed by atoms with van der Waals surface area (Å²) >= 11 is 1.60. The molecule has 0 spiro atoms. The van der Waals surface area contributed by atoms with Gasteiger partial charge in [0, 0.05) is 18.7 Å². The lowest BCUT2D eigenvalue weighted by Crippen LogP contribution is -2.04. The van der Waals surface area contributed by atoms with Crippen molar-refractivity contribution in [2.45, 2.75) is 30.8 Å². The van der Waals surface area contributed by atoms with Gasteiger partial charge >= 0.3 is 0 Å². The van der Waals surface area contributed by atoms with Crippen LogP contribution in [0.25, 0.3) is 0 Å². The minimum Gasteiger partial charge on any atom is -0.493 e. The number of methoxy groups -OCH3 is 2. The Balaban J connectivity index is 1.74. The van der Waals surface area contributed by atoms with Gasteiger partial charge in [0.2, 0.25) is 0 Å². The molecule has 27 heavy (non-hydrogen) atoms. The zero-order valence-corrected chi connectivity index (χ0v) is 16.4. The third-order valence-electron chi connectivity index (χ3n) is 4.20. The van der Waals surface area contributed by atoms with Crippen molar-refractivity contribution in [3.63, 3.8) is 0 Å². The maximum atomic E-state index is 13.0. The van der Waals surface area contributed by atoms with Crippen LogP contribution < -0.4 is 9.47 Å². The summed E-state index contributed by atoms with van der Waals surface area (Å²) in [5.74, 6) is 2.79. The molecule has 0 amide bonds. The highest BCUT2D eigenvalue weighted by molar-refractivity contribution is 7.98. The first-order valence-corrected chi connectivity index (χ1v) is 9.63. The van der Waals surface area contributed by atoms with Gasteiger partial charge in [-0.15, -0.1) is 10.2 Å². The normalized spacial score (nSPS) is 10.8. The Hall–Kier alpha value is -2.54. The van der Waals surface area contributed by atoms with E-state index in [0.29, 0.717) is 17.9 Å². The van der Waals surface area contributed by atoms with Gasteiger partial charge < -0.3 is 14.0 Å². The molecule has 0 unspecified atom stereocenters. The monoisotopic (exact) mass is 387 g/mol. The van der Waals surface area contributed by atoms with Crippen molar-refractivity contribution in [2.75, 3.05) is 14.2 Å². The molecule has 0 aliphatic carbocycles. The number of ether oxygens (including phenoxy) is 2. The Labute approximate surface area is 162 Å². The number of halogens is 1. The van der Waals surface area contributed by atoms with E-state index in [1.165, 1.54) is 12.1 Å². The average Bonchev–Trinajstić information content (AvgIpc) is 3.08. The van der Waals surface area contributed by atoms with E-state index in [1.54, 1.807) is 38.1 Å². The van der Waals surface area contributed by atoms with E-state index < -0.39 is 0 Å². The highest BCUT2D eigenvalue weighted by Crippen LogP contribution is 2.29. The van der Waals surface area contributed by atoms with Crippen LogP contribution in [0.1, 0.15) is 23.9 Å². The molecule has 0 saturated heterocycles. The zero-order valence-electron chi connectivity index (χ0n) is 15.6. The summed E-state index contributed by atoms with van der Waals surface area (Å²) in [7, 11) is 3.25. The van der Waals surface area contributed by atoms with Gasteiger partial charge in [-0.3, -0.25) is 0 Å². The molecule has 3 rings (SSSR count). The smallest absolute Gasteiger partial charge is 0.191 e. The largest absolute Gasteiger partial charge is 0.493 e. The summed E-state index contributed by atoms with van der Waals surface area (Å²) in [6.45, 7) is 2.85. The van der Waals surface area contributed by atoms with E-state index in [1.807, 2.05) is 18.2 Å². The van der Waals surface area contributed by atoms with Crippen LogP contribution in [0.2, 0.25) is 0 Å². The van der Waals surface area contributed by atoms with Crippen LogP contribution in [0.5, 0.6) is 11.5 Å². The number of hydrogen-bond acceptors (Lipinski definition) is 5. The fourth-order valence-electron chi connectivity index (χ4n) is 2.78. The second kappa shape index (κ2) is 8.90. The summed E-state index contributed by atoms with van der Waals surface area (Å²) in [6.07, 6.45) is 0.651. The third-order valence-corrected chi connectivity index (χ3v) is 5.24. The number of hydrogen-bond donors (Lipinski definition) is 0. The van der Waals surface area contributed by atoms with Crippen molar-refractivity contribution >= 4 is 11.8 Å². The second-order valence-electron chi connectivity index (χ2n) is 5.92. The summed E-state index contributed by atoms with van der Waals surface area (Å²) in [6, 6.07) is 12.4. The molecular weight excluding hydrogens is 365 g/mol. The lowest BCUT2D eigenvalue weighted by Gasteiger charge is -2.10. The highest BCUT2D eigenvalue weighted by atomic mass is 32.2. The number of nitrogens with zero attached hydrogens (tertiary/aromatic N) is 3. The van der Waals surface area contributed by atoms with Crippen molar-refractivity contribution in [3.05, 3.63) is 65.2 Å². The van der Waals surface area contributed by atoms with E-state index in [0.717, 1.165) is 34.4 Å². The third kappa shape index (κ3) is 4.60. The van der Waals surface area contributed by atoms with Crippen molar-refractivity contribution in [3.8, 4) is 11.5 Å². The fraction of sp³-hybridized carbons (Fsp3) is 0.300. The fourth-order valence-corrected chi connectivity index (χ4v) is 3.75. The summed E-state index contributed by atoms with van der Waals surface area (Å²) in [4.78, 5) is 0. The highest BCUT2D eigenvalue weighted by Gasteiger charge is 2.13. The molecule has 0 aliphatic heterocycles. The molecule has 0 bridgehead atoms. The van der Waals surface area contributed by atoms with Gasteiger partial charge in [-0.05, 0) is 42.3 Å². The molecule has 0 saturated carbocycles. The minimum atomic E-state index is -0.224. The molecule has 3 aromatic rings. The Bertz CT molecular complexity index is 897. The van der Waals surface area contributed by atoms with Gasteiger partial charge in [0.15, 0.2) is 16.7 Å². The number of aromatic nitrogens is 3. The van der Waals surface area contributed by atoms with Crippen molar-refractivity contribution in [2.24, 2.45) is 0 Å². The molecule has 0 fully saturated rings. The molecule has 7 heteroatoms. The van der Waals surface area contributed by atoms with Gasteiger partial charge in [-0.25, -0.2) is 4.39 Å². The van der Waals surface area contributed by atoms with Crippen molar-refractivity contribution in [1.29, 1.82) is 0 Å². The van der Waals surface area contributed by atoms with Crippen LogP contribution >= 0.6 is 11.8 Å². The lowest BCUT2D eigenvalue weighted by molar-refractivity contribution is 0.354. The van der Waals surface area contributed by atoms with Crippen LogP contribution in [0.3, 0.4) is 0 Å². The summed E-state index contributed by atoms with van der Waals surface area (Å²) < 4.78 is 25.8. The molecule has 0 aliphatic rings. The van der Waals surface area contributed by atoms with E-state index >= 15 is 0 Å². The Morgan fingerprint density at radius 1 is 0.963 bits per heavy atom. The molecule has 142 valence electrons. The van der Waals surface area contributed by atoms with Gasteiger partial charge in [0.1, 0.15) is 11.6 Å². The molecule has 5 nitrogen and oxygen atoms in total. The van der Waals surface area contributed by atoms with Crippen molar-refractivity contribution in [1.82, 2.24) is 14.8 Å². The molecule has 1 heterocycles. The predicted molar refractivity (Wildman–Crippen MR) is 104 cm³/mol. The maximum absolute atomic E-state index is 13.0. The molecule has 0 radical (unpaired) electrons. The Kier molecular flexibility index (Phi) is 6.34. The first-order valence-electron chi connectivity index (χ1n) is 8.64. The Morgan fingerprint density at radius 3 is 2.33 bits per heavy atom. The quantitative estimate of drug-likeness (QED) is 0.538. The van der Waals surface area contributed by atoms with Crippen molar-refractivity contribution < 1.29 is 13.9 Å². The predicted octanol–water partition coefficient (Wildman–Crippen LogP) is 4.34. The number of benzene rings is 2. The molecular formula is C20H22FN3O2S. The van der Waals surface area contributed by atoms with Crippen LogP contribution in [-0.4, -0.2) is 29.0 Å². The summed E-state index contributed by atoms with van der Waals surface area (Å²) in [5.41, 5.74) is 2.12. The van der Waals surface area contributed by atoms with Crippen LogP contribution in [0.4, 0.5) is 4.39 Å². The van der Waals surface area contributed by atoms with E-state index in [-0.39, 0.29) is 5.82 Å². The van der Waals surface area contributed by atoms with Crippen LogP contribution in [-0.2, 0) is 18.7 Å². The number of rotatable bonds is 8. The second-order valence-corrected chi connectivity index (χ2v) is 6.87. The average molecular weight is 387 g/mol. The first-order chi connectivity index (χ1) is 13.1. The van der Waals surface area contributed by atoms with Crippen LogP contribution in [0.15, 0.2) is 47.6 Å². The SMILES string of the molecule is CCn1c(Cc2ccc(OC)c(OC)c2)nnc1SCc1ccc(F)cc1. The maximum Gasteiger partial charge on any atom is 0.191 e. The van der Waals surface area contributed by atoms with E-state index in [2.05, 4.69) is 21.7 Å². The molecule has 0 atom stereocenters. The van der Waals surface area contributed by atoms with Gasteiger partial charge in [-0.1, -0.05) is 30.0 Å². The summed E-state index contributed by atoms with van der Waals surface area (Å²) in [5, 5.41) is 9.56. The van der Waals surface area contributed by atoms with Gasteiger partial charge in [0.05, 0.1) is 14.2 Å². The molecule has 2 aromatic carbocycles. The Morgan fingerprint density at radius 2 is 1.67 bits per heavy atom. The van der Waals surface area contributed by atoms with E-state index in [4.69, 9.17) is 9.47 Å². The standard InChI is InChI=1S/C20H22FN3O2S/c1-4-24-19(12-15-7-10-17(25-2)18(11-15)26-3)22-23-20(24)27-13-14-5-8-16(21)9-6-14/h5-11H,4,12-13H2,1-3H3. The minimum absolute atomic E-state index is 0.224. The van der Waals surface area contributed by atoms with Crippen LogP contribution in [0, 0.1) is 5.82 Å². The topological polar surface area (TPSA) is 49.2 Å². The zero-order chi connectivity index (χ0) is 19.2. The molecule has 0 N–H and O–H groups in total. The van der Waals surface area contributed by atoms with Gasteiger partial charge in [0.25, 0.3) is 0 Å². The molecule has 1 aromatic heterocycles.